The molecule has 25 atom stereocenters. The third kappa shape index (κ3) is 11.2. The molecule has 25 nitrogen and oxygen atoms in total. The maximum absolute atomic E-state index is 12.8. The fourth-order valence-corrected chi connectivity index (χ4v) is 7.88. The van der Waals surface area contributed by atoms with Crippen LogP contribution in [0.4, 0.5) is 0 Å². The number of ether oxygens (including phenoxy) is 11. The van der Waals surface area contributed by atoms with Crippen molar-refractivity contribution < 1.29 is 118 Å². The van der Waals surface area contributed by atoms with Crippen molar-refractivity contribution in [2.75, 3.05) is 19.8 Å². The lowest BCUT2D eigenvalue weighted by Crippen LogP contribution is -2.70. The van der Waals surface area contributed by atoms with E-state index in [4.69, 9.17) is 52.1 Å². The summed E-state index contributed by atoms with van der Waals surface area (Å²) in [6.07, 6.45) is -38.2. The molecular weight excluding hydrogens is 842 g/mol. The minimum Gasteiger partial charge on any atom is -0.454 e. The molecule has 5 saturated heterocycles. The smallest absolute Gasteiger partial charge is 0.303 e. The molecule has 1 amide bonds. The van der Waals surface area contributed by atoms with Gasteiger partial charge in [-0.3, -0.25) is 9.59 Å². The van der Waals surface area contributed by atoms with Crippen LogP contribution in [0.5, 0.6) is 0 Å². The molecule has 360 valence electrons. The van der Waals surface area contributed by atoms with Gasteiger partial charge < -0.3 is 114 Å². The molecule has 5 fully saturated rings. The Bertz CT molecular complexity index is 1430. The zero-order valence-electron chi connectivity index (χ0n) is 35.0. The molecule has 5 aliphatic rings. The van der Waals surface area contributed by atoms with E-state index in [1.165, 1.54) is 20.8 Å². The predicted octanol–water partition coefficient (Wildman–Crippen LogP) is -6.69. The third-order valence-corrected chi connectivity index (χ3v) is 11.4. The van der Waals surface area contributed by atoms with Crippen molar-refractivity contribution in [1.29, 1.82) is 0 Å². The Labute approximate surface area is 356 Å². The Morgan fingerprint density at radius 3 is 1.50 bits per heavy atom. The second kappa shape index (κ2) is 22.1. The molecule has 5 heterocycles. The van der Waals surface area contributed by atoms with Crippen LogP contribution in [0.25, 0.3) is 0 Å². The first-order valence-electron chi connectivity index (χ1n) is 20.5. The summed E-state index contributed by atoms with van der Waals surface area (Å²) in [4.78, 5) is 25.4. The summed E-state index contributed by atoms with van der Waals surface area (Å²) in [6, 6.07) is -1.59. The SMILES string of the molecule is CCCO[C@@H]1OC(C)[C@H](O)C(O[C@H]2OC(CO)[C@@H](O)C(O)C2O)C1O[C@@H]1OC(CO)[C@@H](O)C(O[C@@H]2OC(C)[C@H](O)C(O[C@@H]3OC(C)[C@H](O)C(O)C3O)C2OC(C)=O)C1NC(C)=O. The topological polar surface area (TPSA) is 370 Å². The molecule has 0 saturated carbocycles. The van der Waals surface area contributed by atoms with Gasteiger partial charge in [-0.15, -0.1) is 0 Å². The van der Waals surface area contributed by atoms with Gasteiger partial charge in [-0.05, 0) is 27.2 Å². The molecule has 0 bridgehead atoms. The summed E-state index contributed by atoms with van der Waals surface area (Å²) in [5.74, 6) is -1.67. The Balaban J connectivity index is 1.49. The monoisotopic (exact) mass is 905 g/mol. The number of nitrogens with one attached hydrogen (secondary N) is 1. The molecule has 0 aliphatic carbocycles. The van der Waals surface area contributed by atoms with E-state index in [0.29, 0.717) is 6.42 Å². The van der Waals surface area contributed by atoms with Crippen LogP contribution in [0.1, 0.15) is 48.0 Å². The highest BCUT2D eigenvalue weighted by molar-refractivity contribution is 5.73. The maximum Gasteiger partial charge on any atom is 0.303 e. The number of aliphatic hydroxyl groups is 11. The average Bonchev–Trinajstić information content (AvgIpc) is 3.22. The molecule has 0 radical (unpaired) electrons. The quantitative estimate of drug-likeness (QED) is 0.0680. The summed E-state index contributed by atoms with van der Waals surface area (Å²) in [7, 11) is 0. The standard InChI is InChI=1S/C37H63NO24/c1-7-8-52-36-31(29(20(44)12(3)54-36)61-35-27(51)25(49)22(46)16(9-39)58-35)62-33-18(38-14(5)41)28(23(47)17(10-40)57-33)59-37-32(56-15(6)42)30(21(45)13(4)55-37)60-34-26(50)24(48)19(43)11(2)53-34/h11-13,16-37,39-40,43-51H,7-10H2,1-6H3,(H,38,41)/t11?,12?,13?,16?,17?,18?,19-,20-,21-,22+,23+,24?,25?,26?,27?,28?,29?,30?,31?,32?,33-,34-,35+,36+,37-/m0/s1. The van der Waals surface area contributed by atoms with Crippen LogP contribution in [0, 0.1) is 0 Å². The first-order chi connectivity index (χ1) is 29.2. The minimum absolute atomic E-state index is 0.0652. The minimum atomic E-state index is -1.92. The molecule has 15 unspecified atom stereocenters. The van der Waals surface area contributed by atoms with Crippen LogP contribution in [0.2, 0.25) is 0 Å². The van der Waals surface area contributed by atoms with Crippen LogP contribution in [0.15, 0.2) is 0 Å². The van der Waals surface area contributed by atoms with Gasteiger partial charge >= 0.3 is 5.97 Å². The number of amides is 1. The number of aliphatic hydroxyl groups excluding tert-OH is 11. The Kier molecular flexibility index (Phi) is 18.2. The molecule has 25 heteroatoms. The van der Waals surface area contributed by atoms with Crippen LogP contribution >= 0.6 is 0 Å². The summed E-state index contributed by atoms with van der Waals surface area (Å²) in [5.41, 5.74) is 0. The largest absolute Gasteiger partial charge is 0.454 e. The summed E-state index contributed by atoms with van der Waals surface area (Å²) >= 11 is 0. The second-order valence-corrected chi connectivity index (χ2v) is 16.1. The molecule has 5 rings (SSSR count). The lowest BCUT2D eigenvalue weighted by atomic mass is 9.94. The van der Waals surface area contributed by atoms with E-state index in [9.17, 15) is 65.8 Å². The predicted molar refractivity (Wildman–Crippen MR) is 197 cm³/mol. The zero-order valence-corrected chi connectivity index (χ0v) is 35.0. The lowest BCUT2D eigenvalue weighted by molar-refractivity contribution is -0.391. The van der Waals surface area contributed by atoms with Crippen molar-refractivity contribution in [2.24, 2.45) is 0 Å². The molecule has 12 N–H and O–H groups in total. The van der Waals surface area contributed by atoms with Crippen LogP contribution in [-0.4, -0.2) is 241 Å². The highest BCUT2D eigenvalue weighted by Crippen LogP contribution is 2.37. The van der Waals surface area contributed by atoms with Gasteiger partial charge in [0.2, 0.25) is 5.91 Å². The van der Waals surface area contributed by atoms with Crippen LogP contribution in [0.3, 0.4) is 0 Å². The number of carbonyl (C=O) groups excluding carboxylic acids is 2. The van der Waals surface area contributed by atoms with E-state index in [1.807, 2.05) is 0 Å². The molecule has 0 aromatic carbocycles. The molecule has 62 heavy (non-hydrogen) atoms. The third-order valence-electron chi connectivity index (χ3n) is 11.4. The van der Waals surface area contributed by atoms with Gasteiger partial charge in [0, 0.05) is 20.5 Å². The van der Waals surface area contributed by atoms with Gasteiger partial charge in [-0.25, -0.2) is 0 Å². The Hall–Kier alpha value is -1.90. The highest BCUT2D eigenvalue weighted by Gasteiger charge is 2.57. The first-order valence-corrected chi connectivity index (χ1v) is 20.5. The average molecular weight is 906 g/mol. The number of rotatable bonds is 15. The van der Waals surface area contributed by atoms with E-state index in [0.717, 1.165) is 13.8 Å². The molecule has 0 spiro atoms. The van der Waals surface area contributed by atoms with Crippen molar-refractivity contribution >= 4 is 11.9 Å². The van der Waals surface area contributed by atoms with Crippen molar-refractivity contribution in [2.45, 2.75) is 201 Å². The van der Waals surface area contributed by atoms with Gasteiger partial charge in [-0.2, -0.15) is 0 Å². The van der Waals surface area contributed by atoms with Gasteiger partial charge in [0.05, 0.1) is 31.5 Å². The molecule has 0 aromatic heterocycles. The fraction of sp³-hybridized carbons (Fsp3) is 0.946. The highest BCUT2D eigenvalue weighted by atomic mass is 16.8. The molecular formula is C37H63NO24. The fourth-order valence-electron chi connectivity index (χ4n) is 7.88. The normalized spacial score (nSPS) is 49.0. The molecule has 0 aromatic rings. The second-order valence-electron chi connectivity index (χ2n) is 16.1. The van der Waals surface area contributed by atoms with Crippen molar-refractivity contribution in [1.82, 2.24) is 5.32 Å². The Morgan fingerprint density at radius 1 is 0.500 bits per heavy atom. The number of hydrogen-bond acceptors (Lipinski definition) is 24. The summed E-state index contributed by atoms with van der Waals surface area (Å²) in [5, 5.41) is 120. The number of hydrogen-bond donors (Lipinski definition) is 12. The summed E-state index contributed by atoms with van der Waals surface area (Å²) < 4.78 is 65.1. The number of esters is 1. The van der Waals surface area contributed by atoms with Crippen LogP contribution < -0.4 is 5.32 Å². The van der Waals surface area contributed by atoms with Gasteiger partial charge in [0.15, 0.2) is 37.6 Å². The van der Waals surface area contributed by atoms with Crippen LogP contribution in [-0.2, 0) is 61.7 Å². The van der Waals surface area contributed by atoms with Crippen molar-refractivity contribution in [3.63, 3.8) is 0 Å². The molecule has 5 aliphatic heterocycles. The van der Waals surface area contributed by atoms with E-state index in [2.05, 4.69) is 5.32 Å². The Morgan fingerprint density at radius 2 is 0.952 bits per heavy atom. The summed E-state index contributed by atoms with van der Waals surface area (Å²) in [6.45, 7) is 6.54. The number of carbonyl (C=O) groups is 2. The van der Waals surface area contributed by atoms with Gasteiger partial charge in [-0.1, -0.05) is 6.92 Å². The van der Waals surface area contributed by atoms with Gasteiger partial charge in [0.1, 0.15) is 97.6 Å². The van der Waals surface area contributed by atoms with Gasteiger partial charge in [0.25, 0.3) is 0 Å². The van der Waals surface area contributed by atoms with E-state index in [-0.39, 0.29) is 6.61 Å². The zero-order chi connectivity index (χ0) is 45.9. The van der Waals surface area contributed by atoms with E-state index in [1.54, 1.807) is 6.92 Å². The first kappa shape index (κ1) is 51.1. The van der Waals surface area contributed by atoms with Crippen molar-refractivity contribution in [3.05, 3.63) is 0 Å². The lowest BCUT2D eigenvalue weighted by Gasteiger charge is -2.51. The van der Waals surface area contributed by atoms with E-state index >= 15 is 0 Å². The maximum atomic E-state index is 12.8. The van der Waals surface area contributed by atoms with Crippen molar-refractivity contribution in [3.8, 4) is 0 Å². The van der Waals surface area contributed by atoms with E-state index < -0.39 is 179 Å².